The molecule has 0 unspecified atom stereocenters. The summed E-state index contributed by atoms with van der Waals surface area (Å²) >= 11 is 0. The maximum Gasteiger partial charge on any atom is 0.337 e. The first kappa shape index (κ1) is 19.5. The van der Waals surface area contributed by atoms with Crippen molar-refractivity contribution in [1.29, 1.82) is 0 Å². The molecule has 7 heteroatoms. The van der Waals surface area contributed by atoms with E-state index >= 15 is 0 Å². The van der Waals surface area contributed by atoms with Crippen LogP contribution in [-0.2, 0) is 22.5 Å². The number of fused-ring (bicyclic) bond motifs is 1. The van der Waals surface area contributed by atoms with Gasteiger partial charge in [0.05, 0.1) is 33.4 Å². The molecule has 0 aromatic heterocycles. The monoisotopic (exact) mass is 384 g/mol. The molecule has 7 nitrogen and oxygen atoms in total. The van der Waals surface area contributed by atoms with Crippen molar-refractivity contribution in [3.05, 3.63) is 53.1 Å². The molecular weight excluding hydrogens is 360 g/mol. The van der Waals surface area contributed by atoms with Crippen LogP contribution in [0.1, 0.15) is 21.5 Å². The molecule has 0 aliphatic carbocycles. The van der Waals surface area contributed by atoms with Crippen LogP contribution in [-0.4, -0.2) is 51.2 Å². The van der Waals surface area contributed by atoms with Crippen LogP contribution in [0.25, 0.3) is 0 Å². The lowest BCUT2D eigenvalue weighted by molar-refractivity contribution is -0.130. The van der Waals surface area contributed by atoms with Gasteiger partial charge in [-0.25, -0.2) is 4.79 Å². The summed E-state index contributed by atoms with van der Waals surface area (Å²) in [5.41, 5.74) is 3.36. The minimum absolute atomic E-state index is 0.0103. The van der Waals surface area contributed by atoms with Gasteiger partial charge in [-0.1, -0.05) is 6.07 Å². The normalized spacial score (nSPS) is 12.8. The number of ether oxygens (including phenoxy) is 3. The van der Waals surface area contributed by atoms with E-state index in [1.165, 1.54) is 12.7 Å². The molecule has 1 aliphatic rings. The van der Waals surface area contributed by atoms with Gasteiger partial charge in [-0.3, -0.25) is 4.79 Å². The highest BCUT2D eigenvalue weighted by Gasteiger charge is 2.22. The van der Waals surface area contributed by atoms with Crippen LogP contribution >= 0.6 is 0 Å². The fourth-order valence-corrected chi connectivity index (χ4v) is 3.26. The maximum atomic E-state index is 12.6. The predicted octanol–water partition coefficient (Wildman–Crippen LogP) is 2.49. The summed E-state index contributed by atoms with van der Waals surface area (Å²) in [7, 11) is 4.55. The van der Waals surface area contributed by atoms with Crippen molar-refractivity contribution in [1.82, 2.24) is 4.90 Å². The number of nitrogens with zero attached hydrogens (tertiary/aromatic N) is 1. The van der Waals surface area contributed by atoms with E-state index in [9.17, 15) is 9.59 Å². The number of nitrogens with one attached hydrogen (secondary N) is 1. The lowest BCUT2D eigenvalue weighted by Gasteiger charge is -2.30. The Hall–Kier alpha value is -3.22. The molecule has 0 bridgehead atoms. The number of esters is 1. The zero-order chi connectivity index (χ0) is 20.1. The van der Waals surface area contributed by atoms with E-state index in [0.717, 1.165) is 12.0 Å². The standard InChI is InChI=1S/C21H24N2O5/c1-26-18-10-14-7-8-23(13-16(14)11-19(18)27-2)20(24)12-22-17-6-4-5-15(9-17)21(25)28-3/h4-6,9-11,22H,7-8,12-13H2,1-3H3. The van der Waals surface area contributed by atoms with Crippen LogP contribution in [0.2, 0.25) is 0 Å². The average Bonchev–Trinajstić information content (AvgIpc) is 2.75. The van der Waals surface area contributed by atoms with E-state index in [2.05, 4.69) is 5.32 Å². The van der Waals surface area contributed by atoms with Crippen LogP contribution in [0.5, 0.6) is 11.5 Å². The second kappa shape index (κ2) is 8.65. The number of rotatable bonds is 6. The molecule has 1 amide bonds. The molecule has 28 heavy (non-hydrogen) atoms. The fourth-order valence-electron chi connectivity index (χ4n) is 3.26. The molecule has 0 atom stereocenters. The molecule has 0 saturated carbocycles. The van der Waals surface area contributed by atoms with Crippen molar-refractivity contribution in [2.45, 2.75) is 13.0 Å². The summed E-state index contributed by atoms with van der Waals surface area (Å²) in [6, 6.07) is 10.8. The van der Waals surface area contributed by atoms with Crippen LogP contribution in [0.3, 0.4) is 0 Å². The Morgan fingerprint density at radius 3 is 2.43 bits per heavy atom. The average molecular weight is 384 g/mol. The van der Waals surface area contributed by atoms with Gasteiger partial charge in [0.15, 0.2) is 11.5 Å². The van der Waals surface area contributed by atoms with Crippen molar-refractivity contribution < 1.29 is 23.8 Å². The van der Waals surface area contributed by atoms with Crippen molar-refractivity contribution >= 4 is 17.6 Å². The quantitative estimate of drug-likeness (QED) is 0.771. The highest BCUT2D eigenvalue weighted by atomic mass is 16.5. The molecule has 2 aromatic rings. The lowest BCUT2D eigenvalue weighted by Crippen LogP contribution is -2.39. The highest BCUT2D eigenvalue weighted by Crippen LogP contribution is 2.33. The van der Waals surface area contributed by atoms with Gasteiger partial charge in [0.25, 0.3) is 0 Å². The van der Waals surface area contributed by atoms with E-state index in [0.29, 0.717) is 35.8 Å². The molecule has 0 radical (unpaired) electrons. The number of hydrogen-bond acceptors (Lipinski definition) is 6. The predicted molar refractivity (Wildman–Crippen MR) is 105 cm³/mol. The highest BCUT2D eigenvalue weighted by molar-refractivity contribution is 5.90. The molecule has 0 fully saturated rings. The third-order valence-corrected chi connectivity index (χ3v) is 4.80. The van der Waals surface area contributed by atoms with Crippen LogP contribution in [0, 0.1) is 0 Å². The maximum absolute atomic E-state index is 12.6. The van der Waals surface area contributed by atoms with Gasteiger partial charge in [-0.2, -0.15) is 0 Å². The van der Waals surface area contributed by atoms with E-state index in [1.54, 1.807) is 32.4 Å². The summed E-state index contributed by atoms with van der Waals surface area (Å²) in [5.74, 6) is 0.942. The van der Waals surface area contributed by atoms with E-state index < -0.39 is 5.97 Å². The number of methoxy groups -OCH3 is 3. The number of carbonyl (C=O) groups is 2. The Morgan fingerprint density at radius 2 is 1.75 bits per heavy atom. The van der Waals surface area contributed by atoms with Crippen molar-refractivity contribution in [3.8, 4) is 11.5 Å². The molecule has 1 N–H and O–H groups in total. The van der Waals surface area contributed by atoms with Gasteiger partial charge in [-0.15, -0.1) is 0 Å². The van der Waals surface area contributed by atoms with Gasteiger partial charge >= 0.3 is 5.97 Å². The van der Waals surface area contributed by atoms with Crippen molar-refractivity contribution in [3.63, 3.8) is 0 Å². The molecule has 0 saturated heterocycles. The van der Waals surface area contributed by atoms with Gasteiger partial charge in [0.2, 0.25) is 5.91 Å². The number of carbonyl (C=O) groups excluding carboxylic acids is 2. The van der Waals surface area contributed by atoms with Crippen molar-refractivity contribution in [2.75, 3.05) is 39.7 Å². The number of amides is 1. The van der Waals surface area contributed by atoms with Gasteiger partial charge < -0.3 is 24.4 Å². The summed E-state index contributed by atoms with van der Waals surface area (Å²) < 4.78 is 15.4. The van der Waals surface area contributed by atoms with E-state index in [1.807, 2.05) is 23.1 Å². The number of benzene rings is 2. The second-order valence-corrected chi connectivity index (χ2v) is 6.47. The molecule has 148 valence electrons. The fraction of sp³-hybridized carbons (Fsp3) is 0.333. The van der Waals surface area contributed by atoms with E-state index in [-0.39, 0.29) is 12.5 Å². The largest absolute Gasteiger partial charge is 0.493 e. The Labute approximate surface area is 164 Å². The summed E-state index contributed by atoms with van der Waals surface area (Å²) in [4.78, 5) is 26.1. The van der Waals surface area contributed by atoms with Crippen LogP contribution < -0.4 is 14.8 Å². The first-order valence-electron chi connectivity index (χ1n) is 8.99. The third-order valence-electron chi connectivity index (χ3n) is 4.80. The minimum atomic E-state index is -0.410. The first-order valence-corrected chi connectivity index (χ1v) is 8.99. The van der Waals surface area contributed by atoms with Crippen molar-refractivity contribution in [2.24, 2.45) is 0 Å². The molecular formula is C21H24N2O5. The zero-order valence-corrected chi connectivity index (χ0v) is 16.3. The van der Waals surface area contributed by atoms with Gasteiger partial charge in [0, 0.05) is 18.8 Å². The smallest absolute Gasteiger partial charge is 0.337 e. The number of anilines is 1. The minimum Gasteiger partial charge on any atom is -0.493 e. The molecule has 0 spiro atoms. The van der Waals surface area contributed by atoms with Crippen LogP contribution in [0.15, 0.2) is 36.4 Å². The Kier molecular flexibility index (Phi) is 6.03. The molecule has 1 heterocycles. The second-order valence-electron chi connectivity index (χ2n) is 6.47. The van der Waals surface area contributed by atoms with Crippen LogP contribution in [0.4, 0.5) is 5.69 Å². The SMILES string of the molecule is COC(=O)c1cccc(NCC(=O)N2CCc3cc(OC)c(OC)cc3C2)c1. The Morgan fingerprint density at radius 1 is 1.04 bits per heavy atom. The molecule has 1 aliphatic heterocycles. The third kappa shape index (κ3) is 4.19. The zero-order valence-electron chi connectivity index (χ0n) is 16.3. The number of hydrogen-bond donors (Lipinski definition) is 1. The summed E-state index contributed by atoms with van der Waals surface area (Å²) in [6.45, 7) is 1.32. The Balaban J connectivity index is 1.64. The van der Waals surface area contributed by atoms with Gasteiger partial charge in [0.1, 0.15) is 0 Å². The Bertz CT molecular complexity index is 881. The lowest BCUT2D eigenvalue weighted by atomic mass is 9.98. The van der Waals surface area contributed by atoms with Gasteiger partial charge in [-0.05, 0) is 47.9 Å². The first-order chi connectivity index (χ1) is 13.5. The molecule has 3 rings (SSSR count). The topological polar surface area (TPSA) is 77.1 Å². The summed E-state index contributed by atoms with van der Waals surface area (Å²) in [6.07, 6.45) is 0.763. The summed E-state index contributed by atoms with van der Waals surface area (Å²) in [5, 5.41) is 3.08. The van der Waals surface area contributed by atoms with E-state index in [4.69, 9.17) is 14.2 Å². The molecule has 2 aromatic carbocycles.